The molecule has 2 aromatic carbocycles. The van der Waals surface area contributed by atoms with Crippen LogP contribution in [0.4, 0.5) is 10.5 Å². The smallest absolute Gasteiger partial charge is 0.340 e. The zero-order valence-corrected chi connectivity index (χ0v) is 23.6. The predicted octanol–water partition coefficient (Wildman–Crippen LogP) is 3.86. The van der Waals surface area contributed by atoms with Crippen LogP contribution >= 0.6 is 11.6 Å². The Morgan fingerprint density at radius 3 is 2.54 bits per heavy atom. The number of esters is 1. The van der Waals surface area contributed by atoms with Crippen molar-refractivity contribution in [2.45, 2.75) is 52.2 Å². The molecule has 0 aliphatic carbocycles. The Kier molecular flexibility index (Phi) is 9.45. The number of nitrogens with zero attached hydrogens (tertiary/aromatic N) is 1. The van der Waals surface area contributed by atoms with Crippen molar-refractivity contribution in [3.63, 3.8) is 0 Å². The number of benzene rings is 2. The highest BCUT2D eigenvalue weighted by atomic mass is 35.5. The third kappa shape index (κ3) is 7.63. The van der Waals surface area contributed by atoms with Gasteiger partial charge in [0.1, 0.15) is 17.9 Å². The maximum atomic E-state index is 13.4. The molecule has 0 spiro atoms. The lowest BCUT2D eigenvalue weighted by Crippen LogP contribution is -2.48. The lowest BCUT2D eigenvalue weighted by molar-refractivity contribution is -0.133. The van der Waals surface area contributed by atoms with E-state index < -0.39 is 47.9 Å². The molecule has 3 rings (SSSR count). The maximum Gasteiger partial charge on any atom is 0.340 e. The number of hydrogen-bond donors (Lipinski definition) is 3. The first-order valence-electron chi connectivity index (χ1n) is 12.7. The second kappa shape index (κ2) is 12.4. The van der Waals surface area contributed by atoms with Gasteiger partial charge < -0.3 is 25.8 Å². The van der Waals surface area contributed by atoms with Gasteiger partial charge in [0.2, 0.25) is 11.8 Å². The van der Waals surface area contributed by atoms with Crippen LogP contribution in [0.3, 0.4) is 0 Å². The van der Waals surface area contributed by atoms with E-state index in [4.69, 9.17) is 26.8 Å². The Hall–Kier alpha value is -3.79. The standard InChI is InChI=1S/C28H35ClN4O6/c1-6-22(16-7-9-20(21(30)13-16)26(36)39-28(2,3)4)32-27(37)33-15-24(34)31-14-18(25(33)35)11-17-12-19(29)8-10-23(17)38-5/h7-10,12-13,18,22H,6,11,14-15,30H2,1-5H3,(H,31,34)(H,32,37)/t18-,22+/m0/s1. The number of methoxy groups -OCH3 is 1. The number of rotatable bonds is 7. The van der Waals surface area contributed by atoms with Gasteiger partial charge in [-0.05, 0) is 75.1 Å². The van der Waals surface area contributed by atoms with Gasteiger partial charge in [0.05, 0.1) is 24.6 Å². The Morgan fingerprint density at radius 2 is 1.92 bits per heavy atom. The highest BCUT2D eigenvalue weighted by molar-refractivity contribution is 6.30. The second-order valence-electron chi connectivity index (χ2n) is 10.3. The number of hydrogen-bond acceptors (Lipinski definition) is 7. The number of carbonyl (C=O) groups excluding carboxylic acids is 4. The summed E-state index contributed by atoms with van der Waals surface area (Å²) in [4.78, 5) is 52.5. The SMILES string of the molecule is CC[C@@H](NC(=O)N1CC(=O)NC[C@H](Cc2cc(Cl)ccc2OC)C1=O)c1ccc(C(=O)OC(C)(C)C)c(N)c1. The van der Waals surface area contributed by atoms with Crippen molar-refractivity contribution in [1.29, 1.82) is 0 Å². The van der Waals surface area contributed by atoms with Crippen LogP contribution in [-0.2, 0) is 20.7 Å². The van der Waals surface area contributed by atoms with Crippen molar-refractivity contribution < 1.29 is 28.7 Å². The summed E-state index contributed by atoms with van der Waals surface area (Å²) in [6, 6.07) is 8.66. The summed E-state index contributed by atoms with van der Waals surface area (Å²) < 4.78 is 10.8. The minimum Gasteiger partial charge on any atom is -0.496 e. The number of nitrogen functional groups attached to an aromatic ring is 1. The monoisotopic (exact) mass is 558 g/mol. The maximum absolute atomic E-state index is 13.4. The molecule has 1 heterocycles. The largest absolute Gasteiger partial charge is 0.496 e. The molecule has 0 aromatic heterocycles. The highest BCUT2D eigenvalue weighted by Gasteiger charge is 2.35. The fourth-order valence-corrected chi connectivity index (χ4v) is 4.49. The van der Waals surface area contributed by atoms with E-state index in [0.29, 0.717) is 28.3 Å². The number of anilines is 1. The topological polar surface area (TPSA) is 140 Å². The van der Waals surface area contributed by atoms with Gasteiger partial charge >= 0.3 is 12.0 Å². The zero-order valence-electron chi connectivity index (χ0n) is 22.8. The average Bonchev–Trinajstić information content (AvgIpc) is 2.99. The van der Waals surface area contributed by atoms with Crippen molar-refractivity contribution >= 4 is 41.1 Å². The summed E-state index contributed by atoms with van der Waals surface area (Å²) in [6.07, 6.45) is 0.681. The predicted molar refractivity (Wildman–Crippen MR) is 148 cm³/mol. The van der Waals surface area contributed by atoms with Crippen molar-refractivity contribution in [2.75, 3.05) is 25.9 Å². The van der Waals surface area contributed by atoms with Gasteiger partial charge in [-0.15, -0.1) is 0 Å². The van der Waals surface area contributed by atoms with Gasteiger partial charge in [-0.3, -0.25) is 14.5 Å². The molecule has 10 nitrogen and oxygen atoms in total. The number of amides is 4. The number of nitrogens with one attached hydrogen (secondary N) is 2. The van der Waals surface area contributed by atoms with Crippen LogP contribution in [0, 0.1) is 5.92 Å². The summed E-state index contributed by atoms with van der Waals surface area (Å²) in [5.74, 6) is -1.65. The molecule has 11 heteroatoms. The van der Waals surface area contributed by atoms with Gasteiger partial charge in [-0.1, -0.05) is 24.6 Å². The molecule has 4 amide bonds. The fraction of sp³-hybridized carbons (Fsp3) is 0.429. The molecule has 39 heavy (non-hydrogen) atoms. The minimum absolute atomic E-state index is 0.0665. The molecule has 2 atom stereocenters. The van der Waals surface area contributed by atoms with Gasteiger partial charge in [0.15, 0.2) is 0 Å². The molecule has 0 saturated carbocycles. The Balaban J connectivity index is 1.79. The Labute approximate surface area is 233 Å². The van der Waals surface area contributed by atoms with Crippen LogP contribution < -0.4 is 21.1 Å². The molecule has 2 aromatic rings. The molecule has 1 aliphatic rings. The summed E-state index contributed by atoms with van der Waals surface area (Å²) in [5, 5.41) is 6.02. The third-order valence-corrected chi connectivity index (χ3v) is 6.45. The van der Waals surface area contributed by atoms with E-state index >= 15 is 0 Å². The van der Waals surface area contributed by atoms with Crippen molar-refractivity contribution in [2.24, 2.45) is 5.92 Å². The number of urea groups is 1. The van der Waals surface area contributed by atoms with Gasteiger partial charge in [-0.2, -0.15) is 0 Å². The quantitative estimate of drug-likeness (QED) is 0.346. The fourth-order valence-electron chi connectivity index (χ4n) is 4.29. The van der Waals surface area contributed by atoms with E-state index in [-0.39, 0.29) is 24.2 Å². The van der Waals surface area contributed by atoms with Crippen LogP contribution in [0.15, 0.2) is 36.4 Å². The first-order chi connectivity index (χ1) is 18.3. The molecule has 210 valence electrons. The lowest BCUT2D eigenvalue weighted by Gasteiger charge is -2.26. The number of ether oxygens (including phenoxy) is 2. The summed E-state index contributed by atoms with van der Waals surface area (Å²) >= 11 is 6.14. The molecule has 0 radical (unpaired) electrons. The molecular formula is C28H35ClN4O6. The summed E-state index contributed by atoms with van der Waals surface area (Å²) in [7, 11) is 1.51. The first kappa shape index (κ1) is 29.8. The summed E-state index contributed by atoms with van der Waals surface area (Å²) in [5.41, 5.74) is 7.21. The molecule has 0 bridgehead atoms. The average molecular weight is 559 g/mol. The van der Waals surface area contributed by atoms with E-state index in [1.165, 1.54) is 7.11 Å². The second-order valence-corrected chi connectivity index (χ2v) is 10.8. The Bertz CT molecular complexity index is 1260. The number of carbonyl (C=O) groups is 4. The highest BCUT2D eigenvalue weighted by Crippen LogP contribution is 2.27. The molecule has 1 fully saturated rings. The molecule has 4 N–H and O–H groups in total. The third-order valence-electron chi connectivity index (χ3n) is 6.22. The Morgan fingerprint density at radius 1 is 1.21 bits per heavy atom. The van der Waals surface area contributed by atoms with Crippen LogP contribution in [-0.4, -0.2) is 54.5 Å². The number of imide groups is 1. The minimum atomic E-state index is -0.710. The molecule has 1 aliphatic heterocycles. The van der Waals surface area contributed by atoms with E-state index in [2.05, 4.69) is 10.6 Å². The molecular weight excluding hydrogens is 524 g/mol. The first-order valence-corrected chi connectivity index (χ1v) is 13.0. The number of halogens is 1. The van der Waals surface area contributed by atoms with E-state index in [9.17, 15) is 19.2 Å². The van der Waals surface area contributed by atoms with Gasteiger partial charge in [-0.25, -0.2) is 9.59 Å². The van der Waals surface area contributed by atoms with Gasteiger partial charge in [0.25, 0.3) is 0 Å². The van der Waals surface area contributed by atoms with Crippen molar-refractivity contribution in [1.82, 2.24) is 15.5 Å². The number of nitrogens with two attached hydrogens (primary N) is 1. The van der Waals surface area contributed by atoms with E-state index in [0.717, 1.165) is 4.90 Å². The van der Waals surface area contributed by atoms with Gasteiger partial charge in [0, 0.05) is 17.3 Å². The van der Waals surface area contributed by atoms with Crippen LogP contribution in [0.25, 0.3) is 0 Å². The van der Waals surface area contributed by atoms with E-state index in [1.807, 2.05) is 6.92 Å². The van der Waals surface area contributed by atoms with Crippen LogP contribution in [0.1, 0.15) is 61.6 Å². The summed E-state index contributed by atoms with van der Waals surface area (Å²) in [6.45, 7) is 6.80. The molecule has 0 unspecified atom stereocenters. The lowest BCUT2D eigenvalue weighted by atomic mass is 9.97. The molecule has 1 saturated heterocycles. The van der Waals surface area contributed by atoms with Crippen LogP contribution in [0.2, 0.25) is 5.02 Å². The normalized spacial score (nSPS) is 16.7. The van der Waals surface area contributed by atoms with E-state index in [1.54, 1.807) is 57.2 Å². The van der Waals surface area contributed by atoms with Crippen molar-refractivity contribution in [3.05, 3.63) is 58.1 Å². The zero-order chi connectivity index (χ0) is 28.9. The van der Waals surface area contributed by atoms with Crippen molar-refractivity contribution in [3.8, 4) is 5.75 Å². The van der Waals surface area contributed by atoms with Crippen LogP contribution in [0.5, 0.6) is 5.75 Å².